The van der Waals surface area contributed by atoms with Crippen molar-refractivity contribution in [2.75, 3.05) is 6.54 Å². The van der Waals surface area contributed by atoms with Gasteiger partial charge in [-0.25, -0.2) is 18.1 Å². The molecule has 0 saturated heterocycles. The fourth-order valence-electron chi connectivity index (χ4n) is 0.770. The lowest BCUT2D eigenvalue weighted by atomic mass is 10.7. The minimum Gasteiger partial charge on any atom is -0.339 e. The molecule has 6 heteroatoms. The average Bonchev–Trinajstić information content (AvgIpc) is 2.49. The van der Waals surface area contributed by atoms with Gasteiger partial charge in [-0.2, -0.15) is 0 Å². The Morgan fingerprint density at radius 2 is 2.46 bits per heavy atom. The SMILES string of the molecule is C=CCNS(=O)(=O)c1cn(C)cn1. The van der Waals surface area contributed by atoms with Crippen molar-refractivity contribution in [1.29, 1.82) is 0 Å². The standard InChI is InChI=1S/C7H11N3O2S/c1-3-4-9-13(11,12)7-5-10(2)6-8-7/h3,5-6,9H,1,4H2,2H3. The van der Waals surface area contributed by atoms with E-state index in [1.165, 1.54) is 18.6 Å². The van der Waals surface area contributed by atoms with Gasteiger partial charge in [0.05, 0.1) is 6.33 Å². The van der Waals surface area contributed by atoms with Crippen LogP contribution >= 0.6 is 0 Å². The van der Waals surface area contributed by atoms with Crippen LogP contribution in [0.1, 0.15) is 0 Å². The third kappa shape index (κ3) is 2.40. The summed E-state index contributed by atoms with van der Waals surface area (Å²) >= 11 is 0. The lowest BCUT2D eigenvalue weighted by molar-refractivity contribution is 0.582. The van der Waals surface area contributed by atoms with Gasteiger partial charge in [0.1, 0.15) is 0 Å². The summed E-state index contributed by atoms with van der Waals surface area (Å²) < 4.78 is 26.6. The fraction of sp³-hybridized carbons (Fsp3) is 0.286. The van der Waals surface area contributed by atoms with Gasteiger partial charge in [-0.3, -0.25) is 0 Å². The number of imidazole rings is 1. The molecule has 0 atom stereocenters. The van der Waals surface area contributed by atoms with Gasteiger partial charge in [-0.05, 0) is 0 Å². The van der Waals surface area contributed by atoms with Crippen LogP contribution in [0.4, 0.5) is 0 Å². The zero-order valence-electron chi connectivity index (χ0n) is 7.27. The van der Waals surface area contributed by atoms with Gasteiger partial charge in [0.25, 0.3) is 10.0 Å². The zero-order chi connectivity index (χ0) is 9.90. The fourth-order valence-corrected chi connectivity index (χ4v) is 1.75. The first kappa shape index (κ1) is 9.94. The number of hydrogen-bond donors (Lipinski definition) is 1. The van der Waals surface area contributed by atoms with Crippen molar-refractivity contribution < 1.29 is 8.42 Å². The molecule has 1 rings (SSSR count). The van der Waals surface area contributed by atoms with Crippen LogP contribution < -0.4 is 4.72 Å². The molecule has 1 aromatic heterocycles. The van der Waals surface area contributed by atoms with Crippen LogP contribution in [0.2, 0.25) is 0 Å². The van der Waals surface area contributed by atoms with Crippen molar-refractivity contribution in [1.82, 2.24) is 14.3 Å². The maximum atomic E-state index is 11.4. The van der Waals surface area contributed by atoms with Crippen molar-refractivity contribution in [3.05, 3.63) is 25.2 Å². The Morgan fingerprint density at radius 1 is 1.77 bits per heavy atom. The number of sulfonamides is 1. The summed E-state index contributed by atoms with van der Waals surface area (Å²) in [4.78, 5) is 3.72. The Morgan fingerprint density at radius 3 is 2.92 bits per heavy atom. The molecule has 1 aromatic rings. The quantitative estimate of drug-likeness (QED) is 0.691. The summed E-state index contributed by atoms with van der Waals surface area (Å²) in [5.74, 6) is 0. The number of rotatable bonds is 4. The van der Waals surface area contributed by atoms with Crippen molar-refractivity contribution in [3.63, 3.8) is 0 Å². The van der Waals surface area contributed by atoms with Crippen molar-refractivity contribution in [2.45, 2.75) is 5.03 Å². The lowest BCUT2D eigenvalue weighted by Crippen LogP contribution is -2.23. The Balaban J connectivity index is 2.87. The van der Waals surface area contributed by atoms with Gasteiger partial charge in [-0.1, -0.05) is 6.08 Å². The highest BCUT2D eigenvalue weighted by Gasteiger charge is 2.14. The molecule has 0 aromatic carbocycles. The van der Waals surface area contributed by atoms with E-state index in [2.05, 4.69) is 16.3 Å². The van der Waals surface area contributed by atoms with E-state index in [0.29, 0.717) is 0 Å². The van der Waals surface area contributed by atoms with Gasteiger partial charge >= 0.3 is 0 Å². The van der Waals surface area contributed by atoms with Gasteiger partial charge in [0, 0.05) is 19.8 Å². The molecule has 0 aliphatic carbocycles. The molecule has 5 nitrogen and oxygen atoms in total. The highest BCUT2D eigenvalue weighted by atomic mass is 32.2. The Labute approximate surface area is 77.2 Å². The molecule has 0 spiro atoms. The Kier molecular flexibility index (Phi) is 2.84. The van der Waals surface area contributed by atoms with E-state index in [-0.39, 0.29) is 11.6 Å². The number of hydrogen-bond acceptors (Lipinski definition) is 3. The highest BCUT2D eigenvalue weighted by Crippen LogP contribution is 2.02. The van der Waals surface area contributed by atoms with Crippen molar-refractivity contribution in [2.24, 2.45) is 7.05 Å². The van der Waals surface area contributed by atoms with Gasteiger partial charge in [-0.15, -0.1) is 6.58 Å². The second kappa shape index (κ2) is 3.71. The minimum atomic E-state index is -3.45. The number of aryl methyl sites for hydroxylation is 1. The first-order valence-corrected chi connectivity index (χ1v) is 5.13. The highest BCUT2D eigenvalue weighted by molar-refractivity contribution is 7.89. The smallest absolute Gasteiger partial charge is 0.259 e. The van der Waals surface area contributed by atoms with Gasteiger partial charge in [0.2, 0.25) is 0 Å². The molecule has 0 unspecified atom stereocenters. The summed E-state index contributed by atoms with van der Waals surface area (Å²) in [5.41, 5.74) is 0. The molecule has 13 heavy (non-hydrogen) atoms. The van der Waals surface area contributed by atoms with E-state index in [0.717, 1.165) is 0 Å². The predicted octanol–water partition coefficient (Wildman–Crippen LogP) is -0.116. The maximum Gasteiger partial charge on any atom is 0.259 e. The monoisotopic (exact) mass is 201 g/mol. The largest absolute Gasteiger partial charge is 0.339 e. The van der Waals surface area contributed by atoms with Crippen LogP contribution in [0, 0.1) is 0 Å². The van der Waals surface area contributed by atoms with Crippen LogP contribution in [-0.4, -0.2) is 24.5 Å². The summed E-state index contributed by atoms with van der Waals surface area (Å²) in [6.07, 6.45) is 4.34. The normalized spacial score (nSPS) is 11.5. The molecule has 0 bridgehead atoms. The number of aromatic nitrogens is 2. The predicted molar refractivity (Wildman–Crippen MR) is 48.6 cm³/mol. The topological polar surface area (TPSA) is 64.0 Å². The van der Waals surface area contributed by atoms with Crippen LogP contribution in [0.15, 0.2) is 30.2 Å². The molecule has 0 aliphatic rings. The van der Waals surface area contributed by atoms with Crippen LogP contribution in [0.3, 0.4) is 0 Å². The van der Waals surface area contributed by atoms with Crippen LogP contribution in [-0.2, 0) is 17.1 Å². The van der Waals surface area contributed by atoms with Crippen LogP contribution in [0.25, 0.3) is 0 Å². The molecule has 0 aliphatic heterocycles. The van der Waals surface area contributed by atoms with Crippen molar-refractivity contribution >= 4 is 10.0 Å². The Hall–Kier alpha value is -1.14. The summed E-state index contributed by atoms with van der Waals surface area (Å²) in [5, 5.41) is 0.0249. The van der Waals surface area contributed by atoms with Crippen LogP contribution in [0.5, 0.6) is 0 Å². The van der Waals surface area contributed by atoms with E-state index in [9.17, 15) is 8.42 Å². The van der Waals surface area contributed by atoms with E-state index >= 15 is 0 Å². The summed E-state index contributed by atoms with van der Waals surface area (Å²) in [6.45, 7) is 3.62. The molecule has 1 heterocycles. The molecule has 0 saturated carbocycles. The first-order chi connectivity index (χ1) is 6.06. The molecule has 72 valence electrons. The molecule has 0 radical (unpaired) electrons. The van der Waals surface area contributed by atoms with E-state index < -0.39 is 10.0 Å². The average molecular weight is 201 g/mol. The maximum absolute atomic E-state index is 11.4. The summed E-state index contributed by atoms with van der Waals surface area (Å²) in [6, 6.07) is 0. The molecular formula is C7H11N3O2S. The Bertz CT molecular complexity index is 394. The first-order valence-electron chi connectivity index (χ1n) is 3.65. The van der Waals surface area contributed by atoms with Crippen molar-refractivity contribution in [3.8, 4) is 0 Å². The third-order valence-corrected chi connectivity index (χ3v) is 2.68. The van der Waals surface area contributed by atoms with E-state index in [4.69, 9.17) is 0 Å². The molecule has 0 fully saturated rings. The van der Waals surface area contributed by atoms with Gasteiger partial charge < -0.3 is 4.57 Å². The second-order valence-corrected chi connectivity index (χ2v) is 4.23. The lowest BCUT2D eigenvalue weighted by Gasteiger charge is -1.99. The molecule has 0 amide bonds. The number of nitrogens with zero attached hydrogens (tertiary/aromatic N) is 2. The number of nitrogens with one attached hydrogen (secondary N) is 1. The molecule has 1 N–H and O–H groups in total. The summed E-state index contributed by atoms with van der Waals surface area (Å²) in [7, 11) is -1.75. The van der Waals surface area contributed by atoms with E-state index in [1.54, 1.807) is 11.6 Å². The molecular weight excluding hydrogens is 190 g/mol. The third-order valence-electron chi connectivity index (χ3n) is 1.37. The van der Waals surface area contributed by atoms with E-state index in [1.807, 2.05) is 0 Å². The minimum absolute atomic E-state index is 0.0249. The second-order valence-electron chi connectivity index (χ2n) is 2.52. The van der Waals surface area contributed by atoms with Gasteiger partial charge in [0.15, 0.2) is 5.03 Å². The zero-order valence-corrected chi connectivity index (χ0v) is 8.08.